The van der Waals surface area contributed by atoms with Crippen molar-refractivity contribution in [1.29, 1.82) is 0 Å². The van der Waals surface area contributed by atoms with Crippen LogP contribution in [0.1, 0.15) is 0 Å². The highest BCUT2D eigenvalue weighted by Crippen LogP contribution is 2.21. The van der Waals surface area contributed by atoms with E-state index in [4.69, 9.17) is 0 Å². The molecule has 0 saturated carbocycles. The Hall–Kier alpha value is 0.0300. The average molecular weight is 220 g/mol. The SMILES string of the molecule is C=CC(CSSC)C([O-])NCC=O. The van der Waals surface area contributed by atoms with Crippen LogP contribution in [-0.4, -0.2) is 31.1 Å². The maximum atomic E-state index is 11.4. The van der Waals surface area contributed by atoms with Crippen molar-refractivity contribution < 1.29 is 9.90 Å². The van der Waals surface area contributed by atoms with Gasteiger partial charge in [0.1, 0.15) is 6.29 Å². The predicted octanol–water partition coefficient (Wildman–Crippen LogP) is 0.275. The highest BCUT2D eigenvalue weighted by molar-refractivity contribution is 8.76. The van der Waals surface area contributed by atoms with Gasteiger partial charge in [0.15, 0.2) is 0 Å². The summed E-state index contributed by atoms with van der Waals surface area (Å²) in [5, 5.41) is 13.9. The third-order valence-corrected chi connectivity index (χ3v) is 3.34. The first-order chi connectivity index (χ1) is 6.26. The third-order valence-electron chi connectivity index (χ3n) is 1.47. The summed E-state index contributed by atoms with van der Waals surface area (Å²) in [4.78, 5) is 10.00. The first kappa shape index (κ1) is 13.0. The quantitative estimate of drug-likeness (QED) is 0.275. The molecule has 0 saturated heterocycles. The molecule has 0 aliphatic heterocycles. The minimum Gasteiger partial charge on any atom is -0.840 e. The number of hydrogen-bond donors (Lipinski definition) is 1. The second-order valence-corrected chi connectivity index (χ2v) is 4.96. The number of carbonyl (C=O) groups excluding carboxylic acids is 1. The normalized spacial score (nSPS) is 14.9. The fourth-order valence-corrected chi connectivity index (χ4v) is 2.23. The van der Waals surface area contributed by atoms with Crippen LogP contribution in [0.25, 0.3) is 0 Å². The number of rotatable bonds is 8. The van der Waals surface area contributed by atoms with Gasteiger partial charge >= 0.3 is 0 Å². The van der Waals surface area contributed by atoms with Crippen molar-refractivity contribution in [2.24, 2.45) is 5.92 Å². The summed E-state index contributed by atoms with van der Waals surface area (Å²) in [6.07, 6.45) is 3.36. The summed E-state index contributed by atoms with van der Waals surface area (Å²) in [5.41, 5.74) is 0. The van der Waals surface area contributed by atoms with Crippen LogP contribution < -0.4 is 10.4 Å². The van der Waals surface area contributed by atoms with Gasteiger partial charge in [-0.15, -0.1) is 6.58 Å². The van der Waals surface area contributed by atoms with Gasteiger partial charge in [-0.05, 0) is 12.2 Å². The van der Waals surface area contributed by atoms with Crippen molar-refractivity contribution in [1.82, 2.24) is 5.32 Å². The molecule has 2 unspecified atom stereocenters. The molecule has 2 atom stereocenters. The lowest BCUT2D eigenvalue weighted by molar-refractivity contribution is -0.436. The van der Waals surface area contributed by atoms with E-state index >= 15 is 0 Å². The van der Waals surface area contributed by atoms with Crippen LogP contribution in [0.3, 0.4) is 0 Å². The van der Waals surface area contributed by atoms with Crippen molar-refractivity contribution in [2.75, 3.05) is 18.6 Å². The molecule has 0 bridgehead atoms. The molecule has 0 radical (unpaired) electrons. The summed E-state index contributed by atoms with van der Waals surface area (Å²) in [5.74, 6) is 0.599. The second kappa shape index (κ2) is 8.62. The van der Waals surface area contributed by atoms with Gasteiger partial charge in [-0.25, -0.2) is 0 Å². The van der Waals surface area contributed by atoms with Crippen LogP contribution >= 0.6 is 21.6 Å². The molecule has 0 aliphatic carbocycles. The first-order valence-electron chi connectivity index (χ1n) is 3.87. The predicted molar refractivity (Wildman–Crippen MR) is 57.5 cm³/mol. The molecule has 3 nitrogen and oxygen atoms in total. The van der Waals surface area contributed by atoms with Crippen LogP contribution in [-0.2, 0) is 4.79 Å². The maximum Gasteiger partial charge on any atom is 0.133 e. The number of nitrogens with one attached hydrogen (secondary N) is 1. The molecule has 0 fully saturated rings. The zero-order valence-corrected chi connectivity index (χ0v) is 9.20. The maximum absolute atomic E-state index is 11.4. The Morgan fingerprint density at radius 1 is 1.69 bits per heavy atom. The Balaban J connectivity index is 3.76. The summed E-state index contributed by atoms with van der Waals surface area (Å²) < 4.78 is 0. The van der Waals surface area contributed by atoms with Crippen molar-refractivity contribution in [3.05, 3.63) is 12.7 Å². The lowest BCUT2D eigenvalue weighted by Crippen LogP contribution is -2.47. The molecule has 76 valence electrons. The smallest absolute Gasteiger partial charge is 0.133 e. The zero-order valence-electron chi connectivity index (χ0n) is 7.56. The van der Waals surface area contributed by atoms with Crippen LogP contribution in [0.2, 0.25) is 0 Å². The highest BCUT2D eigenvalue weighted by Gasteiger charge is 2.07. The van der Waals surface area contributed by atoms with Gasteiger partial charge in [0.2, 0.25) is 0 Å². The largest absolute Gasteiger partial charge is 0.840 e. The van der Waals surface area contributed by atoms with E-state index in [-0.39, 0.29) is 12.5 Å². The lowest BCUT2D eigenvalue weighted by Gasteiger charge is -2.29. The highest BCUT2D eigenvalue weighted by atomic mass is 33.1. The van der Waals surface area contributed by atoms with Gasteiger partial charge in [-0.1, -0.05) is 33.9 Å². The van der Waals surface area contributed by atoms with E-state index in [1.54, 1.807) is 27.7 Å². The third kappa shape index (κ3) is 6.15. The minimum absolute atomic E-state index is 0.114. The number of carbonyl (C=O) groups is 1. The fourth-order valence-electron chi connectivity index (χ4n) is 0.741. The van der Waals surface area contributed by atoms with E-state index < -0.39 is 6.23 Å². The molecule has 0 aliphatic rings. The Labute approximate surface area is 86.8 Å². The molecular formula is C8H14NO2S2-. The molecule has 0 rings (SSSR count). The van der Waals surface area contributed by atoms with Crippen molar-refractivity contribution >= 4 is 27.9 Å². The zero-order chi connectivity index (χ0) is 10.1. The fraction of sp³-hybridized carbons (Fsp3) is 0.625. The Bertz CT molecular complexity index is 155. The van der Waals surface area contributed by atoms with Crippen LogP contribution in [0, 0.1) is 5.92 Å². The van der Waals surface area contributed by atoms with E-state index in [0.717, 1.165) is 5.75 Å². The molecule has 0 aromatic rings. The summed E-state index contributed by atoms with van der Waals surface area (Å²) >= 11 is 0. The van der Waals surface area contributed by atoms with E-state index in [1.807, 2.05) is 6.26 Å². The molecule has 0 aromatic heterocycles. The van der Waals surface area contributed by atoms with E-state index in [9.17, 15) is 9.90 Å². The van der Waals surface area contributed by atoms with Gasteiger partial charge in [0.05, 0.1) is 6.54 Å². The van der Waals surface area contributed by atoms with E-state index in [1.165, 1.54) is 0 Å². The van der Waals surface area contributed by atoms with E-state index in [2.05, 4.69) is 11.9 Å². The molecule has 5 heteroatoms. The molecule has 0 aromatic carbocycles. The summed E-state index contributed by atoms with van der Waals surface area (Å²) in [6, 6.07) is 0. The summed E-state index contributed by atoms with van der Waals surface area (Å²) in [6.45, 7) is 3.71. The van der Waals surface area contributed by atoms with Gasteiger partial charge in [-0.3, -0.25) is 0 Å². The number of aldehydes is 1. The van der Waals surface area contributed by atoms with Crippen molar-refractivity contribution in [3.63, 3.8) is 0 Å². The second-order valence-electron chi connectivity index (χ2n) is 2.35. The Kier molecular flexibility index (Phi) is 8.64. The van der Waals surface area contributed by atoms with Crippen LogP contribution in [0.5, 0.6) is 0 Å². The molecular weight excluding hydrogens is 206 g/mol. The molecule has 0 spiro atoms. The topological polar surface area (TPSA) is 52.2 Å². The standard InChI is InChI=1S/C8H14NO2S2/c1-3-7(6-13-12-2)8(11)9-4-5-10/h3,5,7-9H,1,4,6H2,2H3/q-1. The molecule has 13 heavy (non-hydrogen) atoms. The van der Waals surface area contributed by atoms with Gasteiger partial charge < -0.3 is 15.2 Å². The van der Waals surface area contributed by atoms with Crippen LogP contribution in [0.15, 0.2) is 12.7 Å². The first-order valence-corrected chi connectivity index (χ1v) is 6.60. The average Bonchev–Trinajstić information content (AvgIpc) is 2.16. The minimum atomic E-state index is -0.928. The number of hydrogen-bond acceptors (Lipinski definition) is 5. The van der Waals surface area contributed by atoms with Gasteiger partial charge in [0, 0.05) is 5.75 Å². The Morgan fingerprint density at radius 3 is 2.85 bits per heavy atom. The van der Waals surface area contributed by atoms with Crippen LogP contribution in [0.4, 0.5) is 0 Å². The molecule has 0 amide bonds. The Morgan fingerprint density at radius 2 is 2.38 bits per heavy atom. The van der Waals surface area contributed by atoms with Gasteiger partial charge in [0.25, 0.3) is 0 Å². The monoisotopic (exact) mass is 220 g/mol. The van der Waals surface area contributed by atoms with E-state index in [0.29, 0.717) is 6.29 Å². The van der Waals surface area contributed by atoms with Crippen molar-refractivity contribution in [3.8, 4) is 0 Å². The lowest BCUT2D eigenvalue weighted by atomic mass is 10.1. The summed E-state index contributed by atoms with van der Waals surface area (Å²) in [7, 11) is 3.24. The molecule has 0 heterocycles. The molecule has 1 N–H and O–H groups in total. The van der Waals surface area contributed by atoms with Gasteiger partial charge in [-0.2, -0.15) is 0 Å². The van der Waals surface area contributed by atoms with Crippen molar-refractivity contribution in [2.45, 2.75) is 6.23 Å².